The average molecular weight is 222 g/mol. The molecular formula is C10H8F2N4. The molecule has 82 valence electrons. The second-order valence-corrected chi connectivity index (χ2v) is 3.21. The van der Waals surface area contributed by atoms with E-state index in [1.807, 2.05) is 6.07 Å². The molecule has 6 heteroatoms. The Bertz CT molecular complexity index is 521. The van der Waals surface area contributed by atoms with Crippen LogP contribution in [-0.4, -0.2) is 14.1 Å². The van der Waals surface area contributed by atoms with E-state index in [-0.39, 0.29) is 12.4 Å². The SMILES string of the molecule is N#Cc1ccn(Cc2nccn2C(F)F)c1. The number of alkyl halides is 2. The predicted molar refractivity (Wildman–Crippen MR) is 51.7 cm³/mol. The number of rotatable bonds is 3. The summed E-state index contributed by atoms with van der Waals surface area (Å²) in [6.07, 6.45) is 5.80. The highest BCUT2D eigenvalue weighted by atomic mass is 19.3. The molecule has 0 spiro atoms. The fraction of sp³-hybridized carbons (Fsp3) is 0.200. The molecule has 0 amide bonds. The highest BCUT2D eigenvalue weighted by molar-refractivity contribution is 5.25. The van der Waals surface area contributed by atoms with Gasteiger partial charge in [0.25, 0.3) is 0 Å². The molecule has 0 aliphatic heterocycles. The van der Waals surface area contributed by atoms with Gasteiger partial charge in [0, 0.05) is 24.8 Å². The lowest BCUT2D eigenvalue weighted by Gasteiger charge is -2.06. The Morgan fingerprint density at radius 3 is 2.88 bits per heavy atom. The van der Waals surface area contributed by atoms with Crippen LogP contribution in [0.2, 0.25) is 0 Å². The number of hydrogen-bond acceptors (Lipinski definition) is 2. The minimum atomic E-state index is -2.59. The van der Waals surface area contributed by atoms with E-state index in [1.54, 1.807) is 23.0 Å². The molecule has 0 saturated heterocycles. The number of halogens is 2. The Morgan fingerprint density at radius 1 is 1.44 bits per heavy atom. The average Bonchev–Trinajstić information content (AvgIpc) is 2.87. The van der Waals surface area contributed by atoms with Crippen LogP contribution in [0.4, 0.5) is 8.78 Å². The number of nitrogens with zero attached hydrogens (tertiary/aromatic N) is 4. The number of aromatic nitrogens is 3. The quantitative estimate of drug-likeness (QED) is 0.797. The van der Waals surface area contributed by atoms with Crippen molar-refractivity contribution in [2.75, 3.05) is 0 Å². The van der Waals surface area contributed by atoms with Gasteiger partial charge in [0.2, 0.25) is 0 Å². The van der Waals surface area contributed by atoms with E-state index in [2.05, 4.69) is 4.98 Å². The lowest BCUT2D eigenvalue weighted by molar-refractivity contribution is 0.0667. The molecular weight excluding hydrogens is 214 g/mol. The van der Waals surface area contributed by atoms with Crippen LogP contribution in [0.1, 0.15) is 17.9 Å². The zero-order valence-corrected chi connectivity index (χ0v) is 8.22. The van der Waals surface area contributed by atoms with E-state index in [9.17, 15) is 8.78 Å². The lowest BCUT2D eigenvalue weighted by Crippen LogP contribution is -2.07. The molecule has 2 rings (SSSR count). The lowest BCUT2D eigenvalue weighted by atomic mass is 10.4. The van der Waals surface area contributed by atoms with Gasteiger partial charge in [-0.25, -0.2) is 4.98 Å². The third-order valence-corrected chi connectivity index (χ3v) is 2.16. The van der Waals surface area contributed by atoms with Gasteiger partial charge in [0.15, 0.2) is 0 Å². The van der Waals surface area contributed by atoms with Gasteiger partial charge in [-0.15, -0.1) is 0 Å². The van der Waals surface area contributed by atoms with Gasteiger partial charge >= 0.3 is 6.55 Å². The van der Waals surface area contributed by atoms with Gasteiger partial charge < -0.3 is 4.57 Å². The molecule has 0 N–H and O–H groups in total. The monoisotopic (exact) mass is 222 g/mol. The Kier molecular flexibility index (Phi) is 2.68. The molecule has 0 bridgehead atoms. The van der Waals surface area contributed by atoms with Crippen molar-refractivity contribution in [2.24, 2.45) is 0 Å². The Labute approximate surface area is 90.4 Å². The molecule has 0 atom stereocenters. The van der Waals surface area contributed by atoms with E-state index in [1.165, 1.54) is 12.4 Å². The van der Waals surface area contributed by atoms with Crippen molar-refractivity contribution in [1.29, 1.82) is 5.26 Å². The van der Waals surface area contributed by atoms with E-state index < -0.39 is 6.55 Å². The van der Waals surface area contributed by atoms with Gasteiger partial charge in [-0.05, 0) is 6.07 Å². The maximum atomic E-state index is 12.5. The third kappa shape index (κ3) is 1.93. The highest BCUT2D eigenvalue weighted by Gasteiger charge is 2.11. The second-order valence-electron chi connectivity index (χ2n) is 3.21. The zero-order valence-electron chi connectivity index (χ0n) is 8.22. The fourth-order valence-corrected chi connectivity index (χ4v) is 1.41. The Balaban J connectivity index is 2.21. The molecule has 0 unspecified atom stereocenters. The van der Waals surface area contributed by atoms with E-state index in [0.29, 0.717) is 5.56 Å². The molecule has 2 heterocycles. The molecule has 2 aromatic rings. The van der Waals surface area contributed by atoms with Crippen molar-refractivity contribution in [3.63, 3.8) is 0 Å². The first-order valence-corrected chi connectivity index (χ1v) is 4.56. The van der Waals surface area contributed by atoms with Gasteiger partial charge in [0.1, 0.15) is 11.9 Å². The first-order valence-electron chi connectivity index (χ1n) is 4.56. The highest BCUT2D eigenvalue weighted by Crippen LogP contribution is 2.13. The van der Waals surface area contributed by atoms with Crippen LogP contribution in [0.3, 0.4) is 0 Å². The maximum absolute atomic E-state index is 12.5. The first kappa shape index (κ1) is 10.4. The maximum Gasteiger partial charge on any atom is 0.319 e. The zero-order chi connectivity index (χ0) is 11.5. The normalized spacial score (nSPS) is 10.6. The summed E-state index contributed by atoms with van der Waals surface area (Å²) in [5, 5.41) is 8.62. The Morgan fingerprint density at radius 2 is 2.25 bits per heavy atom. The Hall–Kier alpha value is -2.16. The van der Waals surface area contributed by atoms with Gasteiger partial charge in [-0.3, -0.25) is 4.57 Å². The van der Waals surface area contributed by atoms with Crippen LogP contribution < -0.4 is 0 Å². The molecule has 0 aliphatic rings. The molecule has 4 nitrogen and oxygen atoms in total. The van der Waals surface area contributed by atoms with Crippen LogP contribution in [0.15, 0.2) is 30.9 Å². The van der Waals surface area contributed by atoms with Crippen LogP contribution in [0, 0.1) is 11.3 Å². The minimum Gasteiger partial charge on any atom is -0.345 e. The van der Waals surface area contributed by atoms with Crippen molar-refractivity contribution in [2.45, 2.75) is 13.1 Å². The van der Waals surface area contributed by atoms with Crippen molar-refractivity contribution < 1.29 is 8.78 Å². The van der Waals surface area contributed by atoms with Crippen LogP contribution in [0.25, 0.3) is 0 Å². The third-order valence-electron chi connectivity index (χ3n) is 2.16. The van der Waals surface area contributed by atoms with Crippen molar-refractivity contribution in [3.8, 4) is 6.07 Å². The summed E-state index contributed by atoms with van der Waals surface area (Å²) in [5.74, 6) is 0.259. The van der Waals surface area contributed by atoms with Gasteiger partial charge in [0.05, 0.1) is 12.1 Å². The van der Waals surface area contributed by atoms with Crippen molar-refractivity contribution in [3.05, 3.63) is 42.2 Å². The van der Waals surface area contributed by atoms with Gasteiger partial charge in [-0.2, -0.15) is 14.0 Å². The topological polar surface area (TPSA) is 46.5 Å². The van der Waals surface area contributed by atoms with E-state index >= 15 is 0 Å². The summed E-state index contributed by atoms with van der Waals surface area (Å²) in [6, 6.07) is 3.59. The number of imidazole rings is 1. The van der Waals surface area contributed by atoms with Gasteiger partial charge in [-0.1, -0.05) is 0 Å². The van der Waals surface area contributed by atoms with Crippen molar-refractivity contribution in [1.82, 2.24) is 14.1 Å². The second kappa shape index (κ2) is 4.14. The van der Waals surface area contributed by atoms with Crippen LogP contribution in [-0.2, 0) is 6.54 Å². The summed E-state index contributed by atoms with van der Waals surface area (Å²) >= 11 is 0. The smallest absolute Gasteiger partial charge is 0.319 e. The van der Waals surface area contributed by atoms with E-state index in [4.69, 9.17) is 5.26 Å². The fourth-order valence-electron chi connectivity index (χ4n) is 1.41. The number of hydrogen-bond donors (Lipinski definition) is 0. The summed E-state index contributed by atoms with van der Waals surface area (Å²) in [7, 11) is 0. The summed E-state index contributed by atoms with van der Waals surface area (Å²) in [5.41, 5.74) is 0.496. The number of nitriles is 1. The molecule has 2 aromatic heterocycles. The molecule has 0 aromatic carbocycles. The summed E-state index contributed by atoms with van der Waals surface area (Å²) < 4.78 is 27.4. The molecule has 0 saturated carbocycles. The summed E-state index contributed by atoms with van der Waals surface area (Å²) in [4.78, 5) is 3.85. The molecule has 0 fully saturated rings. The van der Waals surface area contributed by atoms with Crippen molar-refractivity contribution >= 4 is 0 Å². The largest absolute Gasteiger partial charge is 0.345 e. The summed E-state index contributed by atoms with van der Waals surface area (Å²) in [6.45, 7) is -2.37. The standard InChI is InChI=1S/C10H8F2N4/c11-10(12)16-4-2-14-9(16)7-15-3-1-8(5-13)6-15/h1-4,6,10H,7H2. The van der Waals surface area contributed by atoms with Crippen LogP contribution >= 0.6 is 0 Å². The van der Waals surface area contributed by atoms with E-state index in [0.717, 1.165) is 4.57 Å². The predicted octanol–water partition coefficient (Wildman–Crippen LogP) is 2.00. The minimum absolute atomic E-state index is 0.221. The molecule has 16 heavy (non-hydrogen) atoms. The van der Waals surface area contributed by atoms with Crippen LogP contribution in [0.5, 0.6) is 0 Å². The molecule has 0 radical (unpaired) electrons. The molecule has 0 aliphatic carbocycles. The first-order chi connectivity index (χ1) is 7.70.